The van der Waals surface area contributed by atoms with Crippen LogP contribution in [-0.4, -0.2) is 75.7 Å². The van der Waals surface area contributed by atoms with Crippen molar-refractivity contribution < 1.29 is 40.3 Å². The van der Waals surface area contributed by atoms with Gasteiger partial charge >= 0.3 is 5.97 Å². The van der Waals surface area contributed by atoms with Crippen molar-refractivity contribution in [3.05, 3.63) is 141 Å². The van der Waals surface area contributed by atoms with Crippen LogP contribution in [0.2, 0.25) is 10.0 Å². The van der Waals surface area contributed by atoms with Crippen LogP contribution in [0.3, 0.4) is 0 Å². The number of carboxylic acid groups (broad SMARTS) is 1. The van der Waals surface area contributed by atoms with Gasteiger partial charge < -0.3 is 10.8 Å². The van der Waals surface area contributed by atoms with Crippen LogP contribution in [0.4, 0.5) is 20.4 Å². The zero-order valence-electron chi connectivity index (χ0n) is 34.8. The van der Waals surface area contributed by atoms with Crippen molar-refractivity contribution in [1.82, 2.24) is 29.5 Å². The summed E-state index contributed by atoms with van der Waals surface area (Å²) in [5.41, 5.74) is 11.5. The number of hydrogen-bond donors (Lipinski definition) is 4. The molecule has 4 heterocycles. The topological polar surface area (TPSA) is 234 Å². The molecule has 0 bridgehead atoms. The molecule has 6 aromatic rings. The van der Waals surface area contributed by atoms with Gasteiger partial charge in [0.25, 0.3) is 0 Å². The van der Waals surface area contributed by atoms with E-state index in [9.17, 15) is 35.2 Å². The Labute approximate surface area is 373 Å². The summed E-state index contributed by atoms with van der Waals surface area (Å²) in [4.78, 5) is 30.7. The van der Waals surface area contributed by atoms with E-state index in [4.69, 9.17) is 34.0 Å². The number of carboxylic acids is 1. The number of aryl methyl sites for hydroxylation is 3. The minimum Gasteiger partial charge on any atom is -0.481 e. The molecule has 0 aliphatic heterocycles. The first-order valence-corrected chi connectivity index (χ1v) is 23.3. The number of anilines is 2. The molecule has 0 amide bonds. The summed E-state index contributed by atoms with van der Waals surface area (Å²) < 4.78 is 79.4. The highest BCUT2D eigenvalue weighted by Gasteiger charge is 2.21. The van der Waals surface area contributed by atoms with Gasteiger partial charge in [-0.25, -0.2) is 44.9 Å². The number of rotatable bonds is 14. The molecule has 16 nitrogen and oxygen atoms in total. The quantitative estimate of drug-likeness (QED) is 0.0855. The number of sulfonamides is 2. The number of ketones is 1. The number of hydrogen-bond acceptors (Lipinski definition) is 11. The maximum atomic E-state index is 14.2. The average Bonchev–Trinajstić information content (AvgIpc) is 3.78. The fourth-order valence-electron chi connectivity index (χ4n) is 5.77. The standard InChI is InChI=1S/C21H22ClFN4O3S.C11H12ClN3.C9H11FN2O4S/c1-13-9-18(27(25-13)17-6-4-5-16(22)11-17)7-8-20(28)14(2)15-10-19(23)21(24-12-15)26-31(3,29)30;1-8-5-11(7-13)15(14-8)10-4-2-3-9(12)6-10;1-5(9(13)14)6-3-7(10)8(11-4-6)12-17(2,15)16/h4-6,9-12,14H,7-8H2,1-3H3,(H,24,26);2-6H,7,13H2,1H3;3-5H,1-2H3,(H,11,12)(H,13,14). The summed E-state index contributed by atoms with van der Waals surface area (Å²) in [6, 6.07) is 20.8. The van der Waals surface area contributed by atoms with Crippen molar-refractivity contribution in [3.8, 4) is 11.4 Å². The van der Waals surface area contributed by atoms with Crippen molar-refractivity contribution in [2.45, 2.75) is 58.9 Å². The SMILES string of the molecule is CC(C(=O)O)c1cnc(NS(C)(=O)=O)c(F)c1.Cc1cc(CCC(=O)C(C)c2cnc(NS(C)(=O)=O)c(F)c2)n(-c2cccc(Cl)c2)n1.Cc1cc(CN)n(-c2cccc(Cl)c2)n1. The Morgan fingerprint density at radius 1 is 0.730 bits per heavy atom. The van der Waals surface area contributed by atoms with Crippen molar-refractivity contribution in [2.75, 3.05) is 22.0 Å². The van der Waals surface area contributed by atoms with Crippen molar-refractivity contribution in [2.24, 2.45) is 5.73 Å². The van der Waals surface area contributed by atoms with Crippen molar-refractivity contribution >= 4 is 66.6 Å². The maximum Gasteiger partial charge on any atom is 0.310 e. The summed E-state index contributed by atoms with van der Waals surface area (Å²) in [6.07, 6.45) is 4.86. The second-order valence-corrected chi connectivity index (χ2v) is 18.6. The van der Waals surface area contributed by atoms with E-state index in [1.807, 2.05) is 76.5 Å². The predicted octanol–water partition coefficient (Wildman–Crippen LogP) is 7.12. The van der Waals surface area contributed by atoms with E-state index in [-0.39, 0.29) is 17.8 Å². The molecule has 2 atom stereocenters. The number of halogens is 4. The van der Waals surface area contributed by atoms with E-state index < -0.39 is 61.1 Å². The van der Waals surface area contributed by atoms with E-state index in [0.717, 1.165) is 65.0 Å². The summed E-state index contributed by atoms with van der Waals surface area (Å²) in [6.45, 7) is 7.33. The van der Waals surface area contributed by atoms with E-state index in [0.29, 0.717) is 28.6 Å². The van der Waals surface area contributed by atoms with Gasteiger partial charge in [0.05, 0.1) is 46.9 Å². The second kappa shape index (κ2) is 21.5. The third-order valence-corrected chi connectivity index (χ3v) is 10.5. The van der Waals surface area contributed by atoms with Crippen LogP contribution in [0.15, 0.2) is 85.2 Å². The Hall–Kier alpha value is -5.80. The molecule has 0 radical (unpaired) electrons. The summed E-state index contributed by atoms with van der Waals surface area (Å²) in [7, 11) is -7.27. The van der Waals surface area contributed by atoms with Crippen LogP contribution >= 0.6 is 23.2 Å². The Kier molecular flexibility index (Phi) is 17.0. The number of carbonyl (C=O) groups excluding carboxylic acids is 1. The zero-order chi connectivity index (χ0) is 46.8. The largest absolute Gasteiger partial charge is 0.481 e. The monoisotopic (exact) mass is 947 g/mol. The molecule has 336 valence electrons. The molecule has 5 N–H and O–H groups in total. The first-order valence-electron chi connectivity index (χ1n) is 18.8. The number of nitrogens with two attached hydrogens (primary N) is 1. The van der Waals surface area contributed by atoms with Gasteiger partial charge in [-0.3, -0.25) is 19.0 Å². The molecular formula is C41H45Cl2F2N9O7S2. The van der Waals surface area contributed by atoms with Gasteiger partial charge in [-0.1, -0.05) is 42.3 Å². The fraction of sp³-hybridized carbons (Fsp3) is 0.268. The molecule has 0 fully saturated rings. The van der Waals surface area contributed by atoms with E-state index >= 15 is 0 Å². The predicted molar refractivity (Wildman–Crippen MR) is 238 cm³/mol. The van der Waals surface area contributed by atoms with Gasteiger partial charge in [0.2, 0.25) is 20.0 Å². The summed E-state index contributed by atoms with van der Waals surface area (Å²) >= 11 is 12.0. The molecule has 0 aliphatic rings. The van der Waals surface area contributed by atoms with Crippen LogP contribution in [0, 0.1) is 25.5 Å². The molecule has 0 saturated heterocycles. The second-order valence-electron chi connectivity index (χ2n) is 14.2. The van der Waals surface area contributed by atoms with E-state index in [2.05, 4.69) is 20.2 Å². The molecule has 22 heteroatoms. The summed E-state index contributed by atoms with van der Waals surface area (Å²) in [5.74, 6) is -5.32. The van der Waals surface area contributed by atoms with Crippen LogP contribution in [0.1, 0.15) is 66.0 Å². The maximum absolute atomic E-state index is 14.2. The Morgan fingerprint density at radius 3 is 1.56 bits per heavy atom. The zero-order valence-corrected chi connectivity index (χ0v) is 38.0. The molecule has 6 rings (SSSR count). The third kappa shape index (κ3) is 14.9. The Balaban J connectivity index is 0.000000229. The van der Waals surface area contributed by atoms with E-state index in [1.54, 1.807) is 23.7 Å². The van der Waals surface area contributed by atoms with Crippen LogP contribution in [0.5, 0.6) is 0 Å². The normalized spacial score (nSPS) is 12.2. The van der Waals surface area contributed by atoms with Gasteiger partial charge in [0.1, 0.15) is 5.78 Å². The van der Waals surface area contributed by atoms with E-state index in [1.165, 1.54) is 13.1 Å². The number of nitrogens with zero attached hydrogens (tertiary/aromatic N) is 6. The van der Waals surface area contributed by atoms with Gasteiger partial charge in [-0.2, -0.15) is 10.2 Å². The molecule has 0 aliphatic carbocycles. The number of pyridine rings is 2. The molecule has 2 unspecified atom stereocenters. The molecule has 4 aromatic heterocycles. The Bertz CT molecular complexity index is 2820. The lowest BCUT2D eigenvalue weighted by molar-refractivity contribution is -0.138. The van der Waals surface area contributed by atoms with Gasteiger partial charge in [0, 0.05) is 47.0 Å². The number of carbonyl (C=O) groups is 2. The van der Waals surface area contributed by atoms with Crippen LogP contribution < -0.4 is 15.2 Å². The molecule has 2 aromatic carbocycles. The first kappa shape index (κ1) is 49.9. The average molecular weight is 949 g/mol. The number of Topliss-reactive ketones (excluding diaryl/α,β-unsaturated/α-hetero) is 1. The van der Waals surface area contributed by atoms with Crippen LogP contribution in [-0.2, 0) is 42.6 Å². The number of aromatic nitrogens is 6. The molecule has 0 saturated carbocycles. The molecule has 0 spiro atoms. The minimum absolute atomic E-state index is 0.0958. The van der Waals surface area contributed by atoms with Gasteiger partial charge in [-0.05, 0) is 99.0 Å². The van der Waals surface area contributed by atoms with Gasteiger partial charge in [0.15, 0.2) is 23.3 Å². The Morgan fingerprint density at radius 2 is 1.16 bits per heavy atom. The lowest BCUT2D eigenvalue weighted by atomic mass is 9.95. The lowest BCUT2D eigenvalue weighted by Crippen LogP contribution is -2.15. The molecule has 63 heavy (non-hydrogen) atoms. The number of benzene rings is 2. The highest BCUT2D eigenvalue weighted by Crippen LogP contribution is 2.24. The third-order valence-electron chi connectivity index (χ3n) is 8.89. The highest BCUT2D eigenvalue weighted by molar-refractivity contribution is 7.92. The minimum atomic E-state index is -3.65. The lowest BCUT2D eigenvalue weighted by Gasteiger charge is -2.13. The van der Waals surface area contributed by atoms with Crippen molar-refractivity contribution in [3.63, 3.8) is 0 Å². The number of nitrogens with one attached hydrogen (secondary N) is 2. The fourth-order valence-corrected chi connectivity index (χ4v) is 7.14. The molecular weight excluding hydrogens is 904 g/mol. The smallest absolute Gasteiger partial charge is 0.310 e. The van der Waals surface area contributed by atoms with Crippen molar-refractivity contribution in [1.29, 1.82) is 0 Å². The van der Waals surface area contributed by atoms with Gasteiger partial charge in [-0.15, -0.1) is 0 Å². The highest BCUT2D eigenvalue weighted by atomic mass is 35.5. The number of aliphatic carboxylic acids is 1. The first-order chi connectivity index (χ1) is 29.4. The van der Waals surface area contributed by atoms with Crippen LogP contribution in [0.25, 0.3) is 11.4 Å². The summed E-state index contributed by atoms with van der Waals surface area (Å²) in [5, 5.41) is 18.9.